The third kappa shape index (κ3) is 2.01. The molecule has 3 heteroatoms. The zero-order valence-corrected chi connectivity index (χ0v) is 8.30. The van der Waals surface area contributed by atoms with Crippen molar-refractivity contribution in [3.05, 3.63) is 29.3 Å². The van der Waals surface area contributed by atoms with Crippen LogP contribution in [0.4, 0.5) is 0 Å². The van der Waals surface area contributed by atoms with Crippen LogP contribution in [-0.4, -0.2) is 16.3 Å². The van der Waals surface area contributed by atoms with Crippen molar-refractivity contribution < 1.29 is 9.90 Å². The Hall–Kier alpha value is -1.02. The normalized spacial score (nSPS) is 12.5. The molecule has 1 aromatic rings. The molecule has 0 radical (unpaired) electrons. The molecule has 70 valence electrons. The lowest BCUT2D eigenvalue weighted by molar-refractivity contribution is 0.0988. The van der Waals surface area contributed by atoms with Crippen LogP contribution in [0.2, 0.25) is 0 Å². The van der Waals surface area contributed by atoms with Gasteiger partial charge in [-0.25, -0.2) is 0 Å². The molecule has 0 spiro atoms. The number of aromatic hydroxyl groups is 1. The van der Waals surface area contributed by atoms with Crippen LogP contribution in [0, 0.1) is 6.92 Å². The predicted octanol–water partition coefficient (Wildman–Crippen LogP) is 2.51. The number of halogens is 1. The summed E-state index contributed by atoms with van der Waals surface area (Å²) in [5.74, 6) is -0.241. The largest absolute Gasteiger partial charge is 0.507 e. The van der Waals surface area contributed by atoms with Crippen molar-refractivity contribution >= 4 is 17.4 Å². The third-order valence-corrected chi connectivity index (χ3v) is 2.06. The van der Waals surface area contributed by atoms with E-state index >= 15 is 0 Å². The van der Waals surface area contributed by atoms with Crippen LogP contribution in [0.25, 0.3) is 0 Å². The summed E-state index contributed by atoms with van der Waals surface area (Å²) in [5, 5.41) is 8.83. The maximum absolute atomic E-state index is 11.5. The Morgan fingerprint density at radius 2 is 2.15 bits per heavy atom. The molecule has 0 fully saturated rings. The van der Waals surface area contributed by atoms with Crippen molar-refractivity contribution in [1.29, 1.82) is 0 Å². The second-order valence-corrected chi connectivity index (χ2v) is 3.60. The van der Waals surface area contributed by atoms with Crippen molar-refractivity contribution in [3.63, 3.8) is 0 Å². The number of rotatable bonds is 2. The van der Waals surface area contributed by atoms with E-state index in [1.54, 1.807) is 26.0 Å². The van der Waals surface area contributed by atoms with Crippen LogP contribution in [0.5, 0.6) is 5.75 Å². The molecule has 0 saturated heterocycles. The van der Waals surface area contributed by atoms with E-state index in [1.165, 1.54) is 6.07 Å². The predicted molar refractivity (Wildman–Crippen MR) is 52.5 cm³/mol. The summed E-state index contributed by atoms with van der Waals surface area (Å²) in [6.07, 6.45) is 0. The molecule has 0 amide bonds. The molecule has 1 aromatic carbocycles. The second-order valence-electron chi connectivity index (χ2n) is 2.95. The lowest BCUT2D eigenvalue weighted by Gasteiger charge is -2.07. The van der Waals surface area contributed by atoms with Gasteiger partial charge in [-0.1, -0.05) is 12.1 Å². The van der Waals surface area contributed by atoms with Crippen LogP contribution in [0.15, 0.2) is 18.2 Å². The summed E-state index contributed by atoms with van der Waals surface area (Å²) < 4.78 is 0. The SMILES string of the molecule is Cc1cccc(O)c1C(=O)C(C)Cl. The number of aryl methyl sites for hydroxylation is 1. The van der Waals surface area contributed by atoms with Gasteiger partial charge in [-0.15, -0.1) is 11.6 Å². The van der Waals surface area contributed by atoms with Crippen LogP contribution < -0.4 is 0 Å². The first-order valence-corrected chi connectivity index (χ1v) is 4.44. The topological polar surface area (TPSA) is 37.3 Å². The Morgan fingerprint density at radius 3 is 2.62 bits per heavy atom. The van der Waals surface area contributed by atoms with Gasteiger partial charge in [0.1, 0.15) is 5.75 Å². The third-order valence-electron chi connectivity index (χ3n) is 1.86. The molecule has 0 aromatic heterocycles. The van der Waals surface area contributed by atoms with Gasteiger partial charge >= 0.3 is 0 Å². The highest BCUT2D eigenvalue weighted by Gasteiger charge is 2.17. The highest BCUT2D eigenvalue weighted by atomic mass is 35.5. The summed E-state index contributed by atoms with van der Waals surface area (Å²) in [5.41, 5.74) is 1.07. The van der Waals surface area contributed by atoms with Crippen LogP contribution in [0.3, 0.4) is 0 Å². The number of phenolic OH excluding ortho intramolecular Hbond substituents is 1. The molecule has 1 unspecified atom stereocenters. The van der Waals surface area contributed by atoms with Gasteiger partial charge in [0.25, 0.3) is 0 Å². The molecule has 0 heterocycles. The lowest BCUT2D eigenvalue weighted by atomic mass is 10.0. The molecule has 1 N–H and O–H groups in total. The van der Waals surface area contributed by atoms with E-state index in [4.69, 9.17) is 11.6 Å². The van der Waals surface area contributed by atoms with Crippen molar-refractivity contribution in [1.82, 2.24) is 0 Å². The number of hydrogen-bond donors (Lipinski definition) is 1. The summed E-state index contributed by atoms with van der Waals surface area (Å²) in [4.78, 5) is 11.5. The first-order chi connectivity index (χ1) is 6.04. The average molecular weight is 199 g/mol. The number of ketones is 1. The van der Waals surface area contributed by atoms with Crippen molar-refractivity contribution in [2.75, 3.05) is 0 Å². The molecule has 2 nitrogen and oxygen atoms in total. The van der Waals surface area contributed by atoms with Crippen molar-refractivity contribution in [2.24, 2.45) is 0 Å². The van der Waals surface area contributed by atoms with Gasteiger partial charge in [-0.2, -0.15) is 0 Å². The standard InChI is InChI=1S/C10H11ClO2/c1-6-4-3-5-8(12)9(6)10(13)7(2)11/h3-5,7,12H,1-2H3. The van der Waals surface area contributed by atoms with Gasteiger partial charge in [0.05, 0.1) is 10.9 Å². The molecule has 0 aliphatic rings. The number of alkyl halides is 1. The zero-order valence-electron chi connectivity index (χ0n) is 7.54. The van der Waals surface area contributed by atoms with E-state index in [9.17, 15) is 9.90 Å². The highest BCUT2D eigenvalue weighted by Crippen LogP contribution is 2.23. The summed E-state index contributed by atoms with van der Waals surface area (Å²) in [6, 6.07) is 4.95. The number of carbonyl (C=O) groups is 1. The molecule has 1 atom stereocenters. The number of phenols is 1. The van der Waals surface area contributed by atoms with E-state index in [0.29, 0.717) is 5.56 Å². The van der Waals surface area contributed by atoms with Gasteiger partial charge in [0.2, 0.25) is 0 Å². The molecule has 0 saturated carbocycles. The maximum Gasteiger partial charge on any atom is 0.184 e. The number of hydrogen-bond acceptors (Lipinski definition) is 2. The zero-order chi connectivity index (χ0) is 10.0. The van der Waals surface area contributed by atoms with Gasteiger partial charge in [-0.05, 0) is 25.5 Å². The average Bonchev–Trinajstić information content (AvgIpc) is 2.03. The molecular formula is C10H11ClO2. The van der Waals surface area contributed by atoms with Crippen molar-refractivity contribution in [3.8, 4) is 5.75 Å². The van der Waals surface area contributed by atoms with Crippen molar-refractivity contribution in [2.45, 2.75) is 19.2 Å². The van der Waals surface area contributed by atoms with Gasteiger partial charge in [0, 0.05) is 0 Å². The Kier molecular flexibility index (Phi) is 2.94. The number of carbonyl (C=O) groups excluding carboxylic acids is 1. The van der Waals surface area contributed by atoms with E-state index in [2.05, 4.69) is 0 Å². The Morgan fingerprint density at radius 1 is 1.54 bits per heavy atom. The molecule has 0 aliphatic heterocycles. The molecule has 0 bridgehead atoms. The number of Topliss-reactive ketones (excluding diaryl/α,β-unsaturated/α-hetero) is 1. The first kappa shape index (κ1) is 10.1. The van der Waals surface area contributed by atoms with E-state index in [-0.39, 0.29) is 11.5 Å². The number of benzene rings is 1. The fourth-order valence-corrected chi connectivity index (χ4v) is 1.28. The maximum atomic E-state index is 11.5. The summed E-state index contributed by atoms with van der Waals surface area (Å²) in [6.45, 7) is 3.36. The van der Waals surface area contributed by atoms with Crippen LogP contribution >= 0.6 is 11.6 Å². The minimum Gasteiger partial charge on any atom is -0.507 e. The lowest BCUT2D eigenvalue weighted by Crippen LogP contribution is -2.12. The molecule has 1 rings (SSSR count). The van der Waals surface area contributed by atoms with Crippen LogP contribution in [0.1, 0.15) is 22.8 Å². The Balaban J connectivity index is 3.20. The fourth-order valence-electron chi connectivity index (χ4n) is 1.17. The summed E-state index contributed by atoms with van der Waals surface area (Å²) >= 11 is 5.65. The van der Waals surface area contributed by atoms with Gasteiger partial charge < -0.3 is 5.11 Å². The van der Waals surface area contributed by atoms with E-state index < -0.39 is 5.38 Å². The summed E-state index contributed by atoms with van der Waals surface area (Å²) in [7, 11) is 0. The van der Waals surface area contributed by atoms with Gasteiger partial charge in [0.15, 0.2) is 5.78 Å². The molecular weight excluding hydrogens is 188 g/mol. The molecule has 13 heavy (non-hydrogen) atoms. The quantitative estimate of drug-likeness (QED) is 0.586. The minimum absolute atomic E-state index is 0.00231. The Labute approximate surface area is 82.2 Å². The first-order valence-electron chi connectivity index (χ1n) is 4.01. The van der Waals surface area contributed by atoms with Crippen LogP contribution in [-0.2, 0) is 0 Å². The van der Waals surface area contributed by atoms with E-state index in [1.807, 2.05) is 0 Å². The monoisotopic (exact) mass is 198 g/mol. The minimum atomic E-state index is -0.605. The highest BCUT2D eigenvalue weighted by molar-refractivity contribution is 6.34. The molecule has 0 aliphatic carbocycles. The second kappa shape index (κ2) is 3.79. The smallest absolute Gasteiger partial charge is 0.184 e. The van der Waals surface area contributed by atoms with Gasteiger partial charge in [-0.3, -0.25) is 4.79 Å². The van der Waals surface area contributed by atoms with E-state index in [0.717, 1.165) is 5.56 Å². The Bertz CT molecular complexity index is 311. The fraction of sp³-hybridized carbons (Fsp3) is 0.300.